The van der Waals surface area contributed by atoms with Crippen molar-refractivity contribution in [3.05, 3.63) is 42.7 Å². The van der Waals surface area contributed by atoms with Gasteiger partial charge < -0.3 is 0 Å². The van der Waals surface area contributed by atoms with Gasteiger partial charge in [0.2, 0.25) is 0 Å². The Kier molecular flexibility index (Phi) is 4.41. The van der Waals surface area contributed by atoms with Crippen molar-refractivity contribution in [2.75, 3.05) is 0 Å². The minimum absolute atomic E-state index is 0.995. The van der Waals surface area contributed by atoms with Crippen molar-refractivity contribution in [3.8, 4) is 11.1 Å². The highest BCUT2D eigenvalue weighted by atomic mass is 14.8. The van der Waals surface area contributed by atoms with Crippen LogP contribution in [-0.2, 0) is 0 Å². The van der Waals surface area contributed by atoms with Crippen LogP contribution >= 0.6 is 0 Å². The van der Waals surface area contributed by atoms with Crippen LogP contribution in [0.1, 0.15) is 19.5 Å². The van der Waals surface area contributed by atoms with E-state index in [9.17, 15) is 0 Å². The SMILES string of the molecule is CC.Cc1ccc(-c2cncnc2)cn1. The van der Waals surface area contributed by atoms with E-state index in [1.165, 1.54) is 6.33 Å². The van der Waals surface area contributed by atoms with Gasteiger partial charge in [0.15, 0.2) is 0 Å². The quantitative estimate of drug-likeness (QED) is 0.712. The molecule has 2 rings (SSSR count). The Bertz CT molecular complexity index is 381. The number of aryl methyl sites for hydroxylation is 1. The van der Waals surface area contributed by atoms with E-state index < -0.39 is 0 Å². The molecule has 0 atom stereocenters. The van der Waals surface area contributed by atoms with E-state index in [1.54, 1.807) is 12.4 Å². The molecule has 0 radical (unpaired) electrons. The second-order valence-corrected chi connectivity index (χ2v) is 2.82. The Morgan fingerprint density at radius 1 is 0.867 bits per heavy atom. The molecule has 0 aliphatic carbocycles. The highest BCUT2D eigenvalue weighted by Crippen LogP contribution is 2.15. The van der Waals surface area contributed by atoms with Crippen LogP contribution in [0.4, 0.5) is 0 Å². The molecule has 3 nitrogen and oxygen atoms in total. The van der Waals surface area contributed by atoms with Gasteiger partial charge >= 0.3 is 0 Å². The van der Waals surface area contributed by atoms with Crippen LogP contribution in [0.3, 0.4) is 0 Å². The Morgan fingerprint density at radius 2 is 1.53 bits per heavy atom. The predicted molar refractivity (Wildman–Crippen MR) is 61.3 cm³/mol. The van der Waals surface area contributed by atoms with Crippen LogP contribution < -0.4 is 0 Å². The van der Waals surface area contributed by atoms with Crippen LogP contribution in [0.15, 0.2) is 37.1 Å². The van der Waals surface area contributed by atoms with Crippen LogP contribution in [0.5, 0.6) is 0 Å². The summed E-state index contributed by atoms with van der Waals surface area (Å²) in [4.78, 5) is 12.1. The summed E-state index contributed by atoms with van der Waals surface area (Å²) in [6.07, 6.45) is 6.90. The molecule has 2 heterocycles. The molecule has 15 heavy (non-hydrogen) atoms. The molecule has 0 saturated carbocycles. The summed E-state index contributed by atoms with van der Waals surface area (Å²) < 4.78 is 0. The topological polar surface area (TPSA) is 38.7 Å². The van der Waals surface area contributed by atoms with Crippen molar-refractivity contribution < 1.29 is 0 Å². The molecular weight excluding hydrogens is 186 g/mol. The van der Waals surface area contributed by atoms with Gasteiger partial charge in [0.1, 0.15) is 6.33 Å². The summed E-state index contributed by atoms with van der Waals surface area (Å²) in [7, 11) is 0. The molecule has 0 amide bonds. The highest BCUT2D eigenvalue weighted by molar-refractivity contribution is 5.59. The highest BCUT2D eigenvalue weighted by Gasteiger charge is 1.96. The monoisotopic (exact) mass is 201 g/mol. The second kappa shape index (κ2) is 5.86. The second-order valence-electron chi connectivity index (χ2n) is 2.82. The first-order chi connectivity index (χ1) is 7.36. The maximum absolute atomic E-state index is 4.20. The van der Waals surface area contributed by atoms with Crippen LogP contribution in [0.2, 0.25) is 0 Å². The average molecular weight is 201 g/mol. The normalized spacial score (nSPS) is 9.00. The maximum Gasteiger partial charge on any atom is 0.115 e. The number of pyridine rings is 1. The van der Waals surface area contributed by atoms with Crippen LogP contribution in [0, 0.1) is 6.92 Å². The summed E-state index contributed by atoms with van der Waals surface area (Å²) in [5, 5.41) is 0. The van der Waals surface area contributed by atoms with Crippen molar-refractivity contribution in [3.63, 3.8) is 0 Å². The summed E-state index contributed by atoms with van der Waals surface area (Å²) in [6, 6.07) is 3.99. The van der Waals surface area contributed by atoms with Gasteiger partial charge in [-0.1, -0.05) is 19.9 Å². The Hall–Kier alpha value is -1.77. The zero-order valence-corrected chi connectivity index (χ0v) is 9.31. The predicted octanol–water partition coefficient (Wildman–Crippen LogP) is 2.87. The summed E-state index contributed by atoms with van der Waals surface area (Å²) in [6.45, 7) is 5.96. The van der Waals surface area contributed by atoms with Crippen LogP contribution in [-0.4, -0.2) is 15.0 Å². The third kappa shape index (κ3) is 3.13. The van der Waals surface area contributed by atoms with E-state index in [0.717, 1.165) is 16.8 Å². The van der Waals surface area contributed by atoms with Gasteiger partial charge in [-0.25, -0.2) is 9.97 Å². The summed E-state index contributed by atoms with van der Waals surface area (Å²) in [5.74, 6) is 0. The minimum Gasteiger partial charge on any atom is -0.261 e. The van der Waals surface area contributed by atoms with E-state index in [2.05, 4.69) is 15.0 Å². The fraction of sp³-hybridized carbons (Fsp3) is 0.250. The number of aromatic nitrogens is 3. The molecular formula is C12H15N3. The fourth-order valence-corrected chi connectivity index (χ4v) is 1.09. The number of hydrogen-bond donors (Lipinski definition) is 0. The van der Waals surface area contributed by atoms with Gasteiger partial charge in [-0.05, 0) is 13.0 Å². The third-order valence-corrected chi connectivity index (χ3v) is 1.81. The van der Waals surface area contributed by atoms with Crippen molar-refractivity contribution in [2.45, 2.75) is 20.8 Å². The van der Waals surface area contributed by atoms with E-state index in [4.69, 9.17) is 0 Å². The van der Waals surface area contributed by atoms with Crippen LogP contribution in [0.25, 0.3) is 11.1 Å². The molecule has 0 N–H and O–H groups in total. The van der Waals surface area contributed by atoms with Gasteiger partial charge in [0, 0.05) is 35.4 Å². The molecule has 0 aliphatic heterocycles. The first-order valence-corrected chi connectivity index (χ1v) is 5.04. The molecule has 0 aromatic carbocycles. The minimum atomic E-state index is 0.995. The van der Waals surface area contributed by atoms with Crippen molar-refractivity contribution in [1.82, 2.24) is 15.0 Å². The molecule has 2 aromatic rings. The van der Waals surface area contributed by atoms with E-state index >= 15 is 0 Å². The molecule has 0 unspecified atom stereocenters. The first kappa shape index (κ1) is 11.3. The largest absolute Gasteiger partial charge is 0.261 e. The zero-order chi connectivity index (χ0) is 11.1. The van der Waals surface area contributed by atoms with E-state index in [1.807, 2.05) is 39.1 Å². The van der Waals surface area contributed by atoms with E-state index in [-0.39, 0.29) is 0 Å². The van der Waals surface area contributed by atoms with E-state index in [0.29, 0.717) is 0 Å². The fourth-order valence-electron chi connectivity index (χ4n) is 1.09. The van der Waals surface area contributed by atoms with Gasteiger partial charge in [0.25, 0.3) is 0 Å². The number of hydrogen-bond acceptors (Lipinski definition) is 3. The molecule has 2 aromatic heterocycles. The molecule has 78 valence electrons. The van der Waals surface area contributed by atoms with Crippen molar-refractivity contribution in [2.24, 2.45) is 0 Å². The Labute approximate surface area is 90.2 Å². The molecule has 0 saturated heterocycles. The van der Waals surface area contributed by atoms with Crippen molar-refractivity contribution >= 4 is 0 Å². The average Bonchev–Trinajstić information content (AvgIpc) is 2.34. The third-order valence-electron chi connectivity index (χ3n) is 1.81. The molecule has 0 aliphatic rings. The Balaban J connectivity index is 0.000000531. The van der Waals surface area contributed by atoms with Gasteiger partial charge in [0.05, 0.1) is 0 Å². The Morgan fingerprint density at radius 3 is 2.07 bits per heavy atom. The molecule has 0 bridgehead atoms. The summed E-state index contributed by atoms with van der Waals surface area (Å²) in [5.41, 5.74) is 3.06. The summed E-state index contributed by atoms with van der Waals surface area (Å²) >= 11 is 0. The van der Waals surface area contributed by atoms with Gasteiger partial charge in [-0.15, -0.1) is 0 Å². The van der Waals surface area contributed by atoms with Crippen molar-refractivity contribution in [1.29, 1.82) is 0 Å². The molecule has 0 spiro atoms. The lowest BCUT2D eigenvalue weighted by atomic mass is 10.1. The zero-order valence-electron chi connectivity index (χ0n) is 9.31. The molecule has 0 fully saturated rings. The lowest BCUT2D eigenvalue weighted by molar-refractivity contribution is 1.16. The smallest absolute Gasteiger partial charge is 0.115 e. The standard InChI is InChI=1S/C10H9N3.C2H6/c1-8-2-3-9(6-13-8)10-4-11-7-12-5-10;1-2/h2-7H,1H3;1-2H3. The number of rotatable bonds is 1. The first-order valence-electron chi connectivity index (χ1n) is 5.04. The lowest BCUT2D eigenvalue weighted by Gasteiger charge is -1.98. The maximum atomic E-state index is 4.20. The number of nitrogens with zero attached hydrogens (tertiary/aromatic N) is 3. The molecule has 3 heteroatoms. The lowest BCUT2D eigenvalue weighted by Crippen LogP contribution is -1.84. The van der Waals surface area contributed by atoms with Gasteiger partial charge in [-0.3, -0.25) is 4.98 Å². The van der Waals surface area contributed by atoms with Gasteiger partial charge in [-0.2, -0.15) is 0 Å².